The van der Waals surface area contributed by atoms with Crippen LogP contribution in [0, 0.1) is 0 Å². The van der Waals surface area contributed by atoms with Crippen LogP contribution in [-0.4, -0.2) is 35.6 Å². The maximum Gasteiger partial charge on any atom is 0.277 e. The Labute approximate surface area is 163 Å². The van der Waals surface area contributed by atoms with Gasteiger partial charge in [0.05, 0.1) is 0 Å². The van der Waals surface area contributed by atoms with E-state index in [1.54, 1.807) is 11.0 Å². The minimum atomic E-state index is -0.179. The van der Waals surface area contributed by atoms with Crippen LogP contribution in [0.1, 0.15) is 17.4 Å². The summed E-state index contributed by atoms with van der Waals surface area (Å²) in [5.41, 5.74) is 1.94. The van der Waals surface area contributed by atoms with Crippen molar-refractivity contribution in [2.45, 2.75) is 6.92 Å². The number of ether oxygens (including phenoxy) is 2. The average Bonchev–Trinajstić information content (AvgIpc) is 2.75. The molecule has 28 heavy (non-hydrogen) atoms. The zero-order chi connectivity index (χ0) is 19.3. The molecule has 2 heterocycles. The van der Waals surface area contributed by atoms with Crippen molar-refractivity contribution in [3.05, 3.63) is 66.6 Å². The fourth-order valence-corrected chi connectivity index (χ4v) is 3.00. The highest BCUT2D eigenvalue weighted by Gasteiger charge is 2.18. The Morgan fingerprint density at radius 2 is 1.82 bits per heavy atom. The maximum atomic E-state index is 12.9. The standard InChI is InChI=1S/C21H20N4O3/c1-2-25(16-6-4-3-5-7-16)21(26)17-13-20(23-14-22-17)24-15-8-9-18-19(12-15)28-11-10-27-18/h3-9,12-14H,2,10-11H2,1H3,(H,22,23,24). The second-order valence-corrected chi connectivity index (χ2v) is 6.16. The summed E-state index contributed by atoms with van der Waals surface area (Å²) in [5.74, 6) is 1.75. The quantitative estimate of drug-likeness (QED) is 0.732. The number of benzene rings is 2. The van der Waals surface area contributed by atoms with E-state index in [0.29, 0.717) is 37.0 Å². The van der Waals surface area contributed by atoms with Crippen molar-refractivity contribution in [1.29, 1.82) is 0 Å². The first-order valence-electron chi connectivity index (χ1n) is 9.10. The van der Waals surface area contributed by atoms with E-state index in [4.69, 9.17) is 9.47 Å². The molecule has 0 fully saturated rings. The number of nitrogens with one attached hydrogen (secondary N) is 1. The van der Waals surface area contributed by atoms with E-state index in [2.05, 4.69) is 15.3 Å². The normalized spacial score (nSPS) is 12.3. The van der Waals surface area contributed by atoms with Crippen LogP contribution >= 0.6 is 0 Å². The minimum Gasteiger partial charge on any atom is -0.486 e. The second kappa shape index (κ2) is 7.96. The predicted octanol–water partition coefficient (Wildman–Crippen LogP) is 3.66. The molecule has 3 aromatic rings. The largest absolute Gasteiger partial charge is 0.486 e. The summed E-state index contributed by atoms with van der Waals surface area (Å²) in [6.07, 6.45) is 1.38. The van der Waals surface area contributed by atoms with Crippen LogP contribution in [0.3, 0.4) is 0 Å². The van der Waals surface area contributed by atoms with Crippen molar-refractivity contribution in [3.8, 4) is 11.5 Å². The fourth-order valence-electron chi connectivity index (χ4n) is 3.00. The molecule has 7 nitrogen and oxygen atoms in total. The van der Waals surface area contributed by atoms with Gasteiger partial charge >= 0.3 is 0 Å². The lowest BCUT2D eigenvalue weighted by Gasteiger charge is -2.21. The molecular formula is C21H20N4O3. The zero-order valence-electron chi connectivity index (χ0n) is 15.5. The van der Waals surface area contributed by atoms with E-state index < -0.39 is 0 Å². The molecule has 0 atom stereocenters. The highest BCUT2D eigenvalue weighted by molar-refractivity contribution is 6.05. The third-order valence-corrected chi connectivity index (χ3v) is 4.33. The summed E-state index contributed by atoms with van der Waals surface area (Å²) in [5, 5.41) is 3.19. The molecule has 1 N–H and O–H groups in total. The number of anilines is 3. The van der Waals surface area contributed by atoms with E-state index in [-0.39, 0.29) is 5.91 Å². The van der Waals surface area contributed by atoms with Crippen molar-refractivity contribution in [2.75, 3.05) is 30.0 Å². The Kier molecular flexibility index (Phi) is 5.05. The second-order valence-electron chi connectivity index (χ2n) is 6.16. The number of carbonyl (C=O) groups is 1. The van der Waals surface area contributed by atoms with Crippen molar-refractivity contribution in [3.63, 3.8) is 0 Å². The summed E-state index contributed by atoms with van der Waals surface area (Å²) in [6.45, 7) is 3.54. The number of amides is 1. The molecule has 0 aliphatic carbocycles. The van der Waals surface area contributed by atoms with E-state index in [9.17, 15) is 4.79 Å². The Hall–Kier alpha value is -3.61. The molecule has 1 aromatic heterocycles. The van der Waals surface area contributed by atoms with Gasteiger partial charge < -0.3 is 19.7 Å². The number of para-hydroxylation sites is 1. The zero-order valence-corrected chi connectivity index (χ0v) is 15.5. The molecule has 0 saturated carbocycles. The number of nitrogens with zero attached hydrogens (tertiary/aromatic N) is 3. The molecule has 142 valence electrons. The molecule has 1 aliphatic heterocycles. The Morgan fingerprint density at radius 1 is 1.04 bits per heavy atom. The van der Waals surface area contributed by atoms with Crippen molar-refractivity contribution >= 4 is 23.1 Å². The Balaban J connectivity index is 1.55. The highest BCUT2D eigenvalue weighted by atomic mass is 16.6. The van der Waals surface area contributed by atoms with E-state index in [0.717, 1.165) is 17.1 Å². The van der Waals surface area contributed by atoms with Gasteiger partial charge in [-0.25, -0.2) is 9.97 Å². The van der Waals surface area contributed by atoms with Gasteiger partial charge in [-0.3, -0.25) is 4.79 Å². The summed E-state index contributed by atoms with van der Waals surface area (Å²) in [7, 11) is 0. The third-order valence-electron chi connectivity index (χ3n) is 4.33. The van der Waals surface area contributed by atoms with Crippen LogP contribution in [0.25, 0.3) is 0 Å². The van der Waals surface area contributed by atoms with E-state index in [1.807, 2.05) is 55.5 Å². The van der Waals surface area contributed by atoms with Gasteiger partial charge in [-0.05, 0) is 31.2 Å². The Morgan fingerprint density at radius 3 is 2.61 bits per heavy atom. The van der Waals surface area contributed by atoms with Gasteiger partial charge in [0.15, 0.2) is 11.5 Å². The van der Waals surface area contributed by atoms with Gasteiger partial charge in [0.2, 0.25) is 0 Å². The van der Waals surface area contributed by atoms with E-state index in [1.165, 1.54) is 6.33 Å². The van der Waals surface area contributed by atoms with Crippen LogP contribution in [0.4, 0.5) is 17.2 Å². The van der Waals surface area contributed by atoms with Crippen LogP contribution in [0.15, 0.2) is 60.9 Å². The molecule has 0 spiro atoms. The maximum absolute atomic E-state index is 12.9. The lowest BCUT2D eigenvalue weighted by Crippen LogP contribution is -2.31. The molecule has 0 bridgehead atoms. The number of fused-ring (bicyclic) bond motifs is 1. The first-order chi connectivity index (χ1) is 13.7. The van der Waals surface area contributed by atoms with Crippen LogP contribution < -0.4 is 19.7 Å². The monoisotopic (exact) mass is 376 g/mol. The molecule has 0 unspecified atom stereocenters. The SMILES string of the molecule is CCN(C(=O)c1cc(Nc2ccc3c(c2)OCCO3)ncn1)c1ccccc1. The van der Waals surface area contributed by atoms with Gasteiger partial charge in [0, 0.05) is 30.1 Å². The lowest BCUT2D eigenvalue weighted by atomic mass is 10.2. The van der Waals surface area contributed by atoms with Gasteiger partial charge in [-0.2, -0.15) is 0 Å². The number of hydrogen-bond acceptors (Lipinski definition) is 6. The summed E-state index contributed by atoms with van der Waals surface area (Å²) < 4.78 is 11.1. The molecule has 7 heteroatoms. The van der Waals surface area contributed by atoms with Crippen molar-refractivity contribution in [2.24, 2.45) is 0 Å². The van der Waals surface area contributed by atoms with Crippen LogP contribution in [-0.2, 0) is 0 Å². The number of aromatic nitrogens is 2. The van der Waals surface area contributed by atoms with Gasteiger partial charge in [0.1, 0.15) is 31.1 Å². The minimum absolute atomic E-state index is 0.179. The topological polar surface area (TPSA) is 76.6 Å². The van der Waals surface area contributed by atoms with E-state index >= 15 is 0 Å². The molecule has 1 aliphatic rings. The lowest BCUT2D eigenvalue weighted by molar-refractivity contribution is 0.0983. The third kappa shape index (κ3) is 3.73. The Bertz CT molecular complexity index is 978. The average molecular weight is 376 g/mol. The van der Waals surface area contributed by atoms with Gasteiger partial charge in [-0.15, -0.1) is 0 Å². The summed E-state index contributed by atoms with van der Waals surface area (Å²) >= 11 is 0. The predicted molar refractivity (Wildman–Crippen MR) is 107 cm³/mol. The van der Waals surface area contributed by atoms with Crippen molar-refractivity contribution < 1.29 is 14.3 Å². The van der Waals surface area contributed by atoms with Gasteiger partial charge in [0.25, 0.3) is 5.91 Å². The molecule has 0 saturated heterocycles. The first kappa shape index (κ1) is 17.8. The molecule has 2 aromatic carbocycles. The van der Waals surface area contributed by atoms with Crippen LogP contribution in [0.2, 0.25) is 0 Å². The molecule has 0 radical (unpaired) electrons. The fraction of sp³-hybridized carbons (Fsp3) is 0.190. The summed E-state index contributed by atoms with van der Waals surface area (Å²) in [4.78, 5) is 23.0. The van der Waals surface area contributed by atoms with Crippen LogP contribution in [0.5, 0.6) is 11.5 Å². The molecular weight excluding hydrogens is 356 g/mol. The highest BCUT2D eigenvalue weighted by Crippen LogP contribution is 2.33. The van der Waals surface area contributed by atoms with Gasteiger partial charge in [-0.1, -0.05) is 18.2 Å². The van der Waals surface area contributed by atoms with Crippen molar-refractivity contribution in [1.82, 2.24) is 9.97 Å². The number of rotatable bonds is 5. The molecule has 1 amide bonds. The first-order valence-corrected chi connectivity index (χ1v) is 9.10. The number of hydrogen-bond donors (Lipinski definition) is 1. The molecule has 4 rings (SSSR count). The smallest absolute Gasteiger partial charge is 0.277 e. The number of carbonyl (C=O) groups excluding carboxylic acids is 1. The summed E-state index contributed by atoms with van der Waals surface area (Å²) in [6, 6.07) is 16.7.